The molecular weight excluding hydrogens is 394 g/mol. The van der Waals surface area contributed by atoms with Crippen LogP contribution in [0, 0.1) is 0 Å². The van der Waals surface area contributed by atoms with E-state index in [4.69, 9.17) is 9.47 Å². The molecule has 1 fully saturated rings. The number of hydrogen-bond donors (Lipinski definition) is 1. The molecule has 0 aliphatic carbocycles. The highest BCUT2D eigenvalue weighted by Gasteiger charge is 2.29. The number of ether oxygens (including phenoxy) is 2. The van der Waals surface area contributed by atoms with Crippen LogP contribution in [0.4, 0.5) is 0 Å². The van der Waals surface area contributed by atoms with E-state index in [1.54, 1.807) is 23.3 Å². The lowest BCUT2D eigenvalue weighted by molar-refractivity contribution is -0.117. The molecule has 0 radical (unpaired) electrons. The molecule has 1 aromatic rings. The van der Waals surface area contributed by atoms with Crippen LogP contribution in [-0.4, -0.2) is 56.7 Å². The maximum Gasteiger partial charge on any atom is 0.256 e. The maximum absolute atomic E-state index is 12.6. The van der Waals surface area contributed by atoms with Crippen molar-refractivity contribution in [2.75, 3.05) is 25.5 Å². The fourth-order valence-electron chi connectivity index (χ4n) is 3.34. The Labute approximate surface area is 169 Å². The van der Waals surface area contributed by atoms with Gasteiger partial charge in [0.05, 0.1) is 17.4 Å². The first kappa shape index (κ1) is 19.7. The van der Waals surface area contributed by atoms with Crippen molar-refractivity contribution in [3.8, 4) is 5.75 Å². The van der Waals surface area contributed by atoms with E-state index in [-0.39, 0.29) is 35.7 Å². The van der Waals surface area contributed by atoms with Gasteiger partial charge >= 0.3 is 0 Å². The lowest BCUT2D eigenvalue weighted by atomic mass is 10.1. The molecule has 1 N–H and O–H groups in total. The van der Waals surface area contributed by atoms with Crippen molar-refractivity contribution in [1.82, 2.24) is 10.2 Å². The minimum absolute atomic E-state index is 0.0585. The molecule has 3 heterocycles. The van der Waals surface area contributed by atoms with Gasteiger partial charge in [0.2, 0.25) is 0 Å². The van der Waals surface area contributed by atoms with Crippen LogP contribution in [0.3, 0.4) is 0 Å². The van der Waals surface area contributed by atoms with Crippen LogP contribution in [0.2, 0.25) is 0 Å². The molecule has 1 unspecified atom stereocenters. The Morgan fingerprint density at radius 3 is 2.90 bits per heavy atom. The van der Waals surface area contributed by atoms with Crippen molar-refractivity contribution in [3.05, 3.63) is 53.8 Å². The molecule has 3 aliphatic rings. The fraction of sp³-hybridized carbons (Fsp3) is 0.400. The topological polar surface area (TPSA) is 97.3 Å². The summed E-state index contributed by atoms with van der Waals surface area (Å²) in [6, 6.07) is 7.49. The molecule has 0 saturated carbocycles. The molecule has 8 nitrogen and oxygen atoms in total. The van der Waals surface area contributed by atoms with Gasteiger partial charge in [0.15, 0.2) is 5.84 Å². The zero-order valence-electron chi connectivity index (χ0n) is 15.9. The number of nitrogens with zero attached hydrogens (tertiary/aromatic N) is 2. The molecule has 3 aliphatic heterocycles. The lowest BCUT2D eigenvalue weighted by Gasteiger charge is -2.28. The lowest BCUT2D eigenvalue weighted by Crippen LogP contribution is -2.42. The van der Waals surface area contributed by atoms with E-state index in [2.05, 4.69) is 9.71 Å². The van der Waals surface area contributed by atoms with Crippen LogP contribution in [-0.2, 0) is 26.1 Å². The summed E-state index contributed by atoms with van der Waals surface area (Å²) in [5, 5.41) is 2.82. The van der Waals surface area contributed by atoms with Gasteiger partial charge in [-0.25, -0.2) is 8.42 Å². The van der Waals surface area contributed by atoms with Gasteiger partial charge in [-0.05, 0) is 42.7 Å². The first-order valence-corrected chi connectivity index (χ1v) is 11.2. The number of carbonyl (C=O) groups excluding carboxylic acids is 1. The number of rotatable bonds is 6. The van der Waals surface area contributed by atoms with E-state index < -0.39 is 10.0 Å². The molecule has 1 aromatic carbocycles. The molecule has 0 spiro atoms. The van der Waals surface area contributed by atoms with Crippen molar-refractivity contribution in [1.29, 1.82) is 0 Å². The molecular formula is C20H23N3O5S. The highest BCUT2D eigenvalue weighted by molar-refractivity contribution is 7.90. The summed E-state index contributed by atoms with van der Waals surface area (Å²) in [5.74, 6) is 0.507. The maximum atomic E-state index is 12.6. The third-order valence-corrected chi connectivity index (χ3v) is 6.09. The molecule has 154 valence electrons. The summed E-state index contributed by atoms with van der Waals surface area (Å²) in [4.78, 5) is 14.3. The second-order valence-corrected chi connectivity index (χ2v) is 8.84. The van der Waals surface area contributed by atoms with E-state index in [9.17, 15) is 13.2 Å². The summed E-state index contributed by atoms with van der Waals surface area (Å²) in [6.45, 7) is 1.94. The Balaban J connectivity index is 1.34. The van der Waals surface area contributed by atoms with Gasteiger partial charge in [0.1, 0.15) is 12.4 Å². The molecule has 9 heteroatoms. The van der Waals surface area contributed by atoms with E-state index in [1.807, 2.05) is 24.3 Å². The third kappa shape index (κ3) is 4.86. The van der Waals surface area contributed by atoms with Crippen molar-refractivity contribution in [3.63, 3.8) is 0 Å². The van der Waals surface area contributed by atoms with Crippen LogP contribution in [0.1, 0.15) is 18.4 Å². The average molecular weight is 417 g/mol. The van der Waals surface area contributed by atoms with Gasteiger partial charge in [-0.3, -0.25) is 4.79 Å². The van der Waals surface area contributed by atoms with E-state index >= 15 is 0 Å². The third-order valence-electron chi connectivity index (χ3n) is 4.94. The molecule has 29 heavy (non-hydrogen) atoms. The van der Waals surface area contributed by atoms with Gasteiger partial charge in [0, 0.05) is 25.9 Å². The minimum atomic E-state index is -3.53. The van der Waals surface area contributed by atoms with Crippen molar-refractivity contribution in [2.24, 2.45) is 4.40 Å². The quantitative estimate of drug-likeness (QED) is 0.751. The normalized spacial score (nSPS) is 22.5. The Kier molecular flexibility index (Phi) is 5.68. The monoisotopic (exact) mass is 417 g/mol. The number of fused-ring (bicyclic) bond motifs is 1. The van der Waals surface area contributed by atoms with Crippen molar-refractivity contribution >= 4 is 21.8 Å². The largest absolute Gasteiger partial charge is 0.491 e. The predicted octanol–water partition coefficient (Wildman–Crippen LogP) is 1.36. The number of hydrogen-bond acceptors (Lipinski definition) is 6. The standard InChI is InChI=1S/C20H23N3O5S/c24-20(18-4-1-9-23-10-12-29(25,26)22-19(18)23)21-13-15-5-7-16(8-6-15)28-14-17-3-2-11-27-17/h1,4-9,17H,2-3,10-14H2,(H,21,24). The van der Waals surface area contributed by atoms with E-state index in [0.29, 0.717) is 13.2 Å². The zero-order chi connectivity index (χ0) is 20.3. The average Bonchev–Trinajstić information content (AvgIpc) is 3.24. The number of nitrogens with one attached hydrogen (secondary N) is 1. The van der Waals surface area contributed by atoms with Crippen LogP contribution < -0.4 is 10.1 Å². The van der Waals surface area contributed by atoms with Crippen LogP contribution in [0.15, 0.2) is 52.6 Å². The smallest absolute Gasteiger partial charge is 0.256 e. The first-order chi connectivity index (χ1) is 14.0. The minimum Gasteiger partial charge on any atom is -0.491 e. The van der Waals surface area contributed by atoms with Gasteiger partial charge in [-0.15, -0.1) is 4.40 Å². The molecule has 1 atom stereocenters. The summed E-state index contributed by atoms with van der Waals surface area (Å²) >= 11 is 0. The SMILES string of the molecule is O=C(NCc1ccc(OCC2CCCO2)cc1)C1=CC=CN2CCS(=O)(=O)N=C12. The number of sulfonamides is 1. The van der Waals surface area contributed by atoms with Gasteiger partial charge < -0.3 is 19.7 Å². The summed E-state index contributed by atoms with van der Waals surface area (Å²) in [6.07, 6.45) is 7.28. The van der Waals surface area contributed by atoms with E-state index in [0.717, 1.165) is 30.8 Å². The highest BCUT2D eigenvalue weighted by Crippen LogP contribution is 2.19. The second kappa shape index (κ2) is 8.38. The van der Waals surface area contributed by atoms with Crippen molar-refractivity contribution in [2.45, 2.75) is 25.5 Å². The first-order valence-electron chi connectivity index (χ1n) is 9.60. The number of amides is 1. The Hall–Kier alpha value is -2.65. The molecule has 0 bridgehead atoms. The van der Waals surface area contributed by atoms with Gasteiger partial charge in [-0.1, -0.05) is 12.1 Å². The van der Waals surface area contributed by atoms with Gasteiger partial charge in [-0.2, -0.15) is 0 Å². The molecule has 0 aromatic heterocycles. The number of allylic oxidation sites excluding steroid dienone is 2. The van der Waals surface area contributed by atoms with Crippen LogP contribution in [0.5, 0.6) is 5.75 Å². The summed E-state index contributed by atoms with van der Waals surface area (Å²) in [5.41, 5.74) is 1.15. The highest BCUT2D eigenvalue weighted by atomic mass is 32.2. The summed E-state index contributed by atoms with van der Waals surface area (Å²) in [7, 11) is -3.53. The fourth-order valence-corrected chi connectivity index (χ4v) is 4.32. The van der Waals surface area contributed by atoms with Crippen LogP contribution in [0.25, 0.3) is 0 Å². The predicted molar refractivity (Wildman–Crippen MR) is 108 cm³/mol. The van der Waals surface area contributed by atoms with Crippen molar-refractivity contribution < 1.29 is 22.7 Å². The molecule has 4 rings (SSSR count). The Morgan fingerprint density at radius 1 is 1.31 bits per heavy atom. The second-order valence-electron chi connectivity index (χ2n) is 7.09. The molecule has 1 saturated heterocycles. The number of benzene rings is 1. The number of amidine groups is 1. The number of carbonyl (C=O) groups is 1. The van der Waals surface area contributed by atoms with E-state index in [1.165, 1.54) is 0 Å². The Bertz CT molecular complexity index is 960. The van der Waals surface area contributed by atoms with Crippen LogP contribution >= 0.6 is 0 Å². The summed E-state index contributed by atoms with van der Waals surface area (Å²) < 4.78 is 38.7. The van der Waals surface area contributed by atoms with Gasteiger partial charge in [0.25, 0.3) is 15.9 Å². The Morgan fingerprint density at radius 2 is 2.14 bits per heavy atom. The zero-order valence-corrected chi connectivity index (χ0v) is 16.7. The molecule has 1 amide bonds.